The first-order chi connectivity index (χ1) is 15.2. The van der Waals surface area contributed by atoms with E-state index in [9.17, 15) is 0 Å². The molecule has 4 rings (SSSR count). The van der Waals surface area contributed by atoms with E-state index >= 15 is 0 Å². The first-order valence-electron chi connectivity index (χ1n) is 10.6. The van der Waals surface area contributed by atoms with E-state index in [1.807, 2.05) is 31.4 Å². The Hall–Kier alpha value is -3.19. The lowest BCUT2D eigenvalue weighted by Crippen LogP contribution is -2.32. The number of pyridine rings is 1. The van der Waals surface area contributed by atoms with E-state index < -0.39 is 0 Å². The average molecular weight is 420 g/mol. The van der Waals surface area contributed by atoms with Gasteiger partial charge in [0.05, 0.1) is 14.2 Å². The molecule has 0 saturated carbocycles. The van der Waals surface area contributed by atoms with Crippen LogP contribution in [0.25, 0.3) is 11.4 Å². The van der Waals surface area contributed by atoms with Crippen LogP contribution in [0.5, 0.6) is 11.5 Å². The molecule has 0 unspecified atom stereocenters. The summed E-state index contributed by atoms with van der Waals surface area (Å²) in [4.78, 5) is 16.2. The number of aromatic nitrogens is 3. The Balaban J connectivity index is 1.45. The summed E-state index contributed by atoms with van der Waals surface area (Å²) in [6.07, 6.45) is 5.70. The van der Waals surface area contributed by atoms with Crippen LogP contribution in [-0.4, -0.2) is 54.2 Å². The molecule has 0 radical (unpaired) electrons. The topological polar surface area (TPSA) is 72.4 Å². The van der Waals surface area contributed by atoms with Crippen molar-refractivity contribution in [1.82, 2.24) is 19.9 Å². The smallest absolute Gasteiger partial charge is 0.163 e. The van der Waals surface area contributed by atoms with Gasteiger partial charge in [0.2, 0.25) is 0 Å². The summed E-state index contributed by atoms with van der Waals surface area (Å²) in [6.45, 7) is 2.92. The van der Waals surface area contributed by atoms with E-state index in [1.54, 1.807) is 20.4 Å². The van der Waals surface area contributed by atoms with Crippen LogP contribution < -0.4 is 14.8 Å². The van der Waals surface area contributed by atoms with E-state index in [0.717, 1.165) is 66.9 Å². The number of methoxy groups -OCH3 is 2. The fourth-order valence-electron chi connectivity index (χ4n) is 4.03. The van der Waals surface area contributed by atoms with Crippen molar-refractivity contribution in [3.8, 4) is 22.9 Å². The summed E-state index contributed by atoms with van der Waals surface area (Å²) < 4.78 is 10.8. The van der Waals surface area contributed by atoms with Crippen LogP contribution in [0.4, 0.5) is 5.82 Å². The minimum Gasteiger partial charge on any atom is -0.497 e. The van der Waals surface area contributed by atoms with Gasteiger partial charge >= 0.3 is 0 Å². The van der Waals surface area contributed by atoms with Crippen molar-refractivity contribution >= 4 is 5.82 Å². The van der Waals surface area contributed by atoms with E-state index in [1.165, 1.54) is 5.56 Å². The number of hydrogen-bond donors (Lipinski definition) is 1. The van der Waals surface area contributed by atoms with Crippen LogP contribution in [0, 0.1) is 0 Å². The molecule has 0 aliphatic carbocycles. The molecule has 31 heavy (non-hydrogen) atoms. The van der Waals surface area contributed by atoms with Crippen LogP contribution in [0.1, 0.15) is 30.0 Å². The third kappa shape index (κ3) is 5.11. The molecule has 162 valence electrons. The largest absolute Gasteiger partial charge is 0.497 e. The number of nitrogens with zero attached hydrogens (tertiary/aromatic N) is 4. The van der Waals surface area contributed by atoms with E-state index in [0.29, 0.717) is 5.92 Å². The van der Waals surface area contributed by atoms with Gasteiger partial charge in [-0.25, -0.2) is 9.97 Å². The highest BCUT2D eigenvalue weighted by Crippen LogP contribution is 2.31. The Morgan fingerprint density at radius 2 is 1.77 bits per heavy atom. The third-order valence-corrected chi connectivity index (χ3v) is 5.75. The lowest BCUT2D eigenvalue weighted by Gasteiger charge is -2.32. The van der Waals surface area contributed by atoms with Crippen molar-refractivity contribution in [2.24, 2.45) is 0 Å². The Labute approximate surface area is 183 Å². The van der Waals surface area contributed by atoms with Gasteiger partial charge < -0.3 is 14.8 Å². The first-order valence-corrected chi connectivity index (χ1v) is 10.6. The summed E-state index contributed by atoms with van der Waals surface area (Å²) in [5, 5.41) is 3.17. The average Bonchev–Trinajstić information content (AvgIpc) is 2.84. The van der Waals surface area contributed by atoms with Gasteiger partial charge in [-0.3, -0.25) is 9.88 Å². The number of hydrogen-bond acceptors (Lipinski definition) is 7. The van der Waals surface area contributed by atoms with Crippen molar-refractivity contribution in [1.29, 1.82) is 0 Å². The normalized spacial score (nSPS) is 14.9. The second kappa shape index (κ2) is 9.75. The second-order valence-corrected chi connectivity index (χ2v) is 7.76. The quantitative estimate of drug-likeness (QED) is 0.621. The maximum Gasteiger partial charge on any atom is 0.163 e. The van der Waals surface area contributed by atoms with E-state index in [4.69, 9.17) is 14.5 Å². The van der Waals surface area contributed by atoms with Crippen LogP contribution in [0.2, 0.25) is 0 Å². The fraction of sp³-hybridized carbons (Fsp3) is 0.375. The standard InChI is InChI=1S/C24H29N5O2/c1-25-23-14-22(27-24(28-23)19-5-4-8-26-15-19)18-6-9-29(10-7-18)16-17-11-20(30-2)13-21(12-17)31-3/h4-5,8,11-15,18H,6-7,9-10,16H2,1-3H3,(H,25,27,28). The lowest BCUT2D eigenvalue weighted by atomic mass is 9.92. The van der Waals surface area contributed by atoms with Crippen molar-refractivity contribution in [3.63, 3.8) is 0 Å². The van der Waals surface area contributed by atoms with Gasteiger partial charge in [0, 0.05) is 55.3 Å². The fourth-order valence-corrected chi connectivity index (χ4v) is 4.03. The molecule has 1 aliphatic heterocycles. The number of nitrogens with one attached hydrogen (secondary N) is 1. The highest BCUT2D eigenvalue weighted by atomic mass is 16.5. The van der Waals surface area contributed by atoms with E-state index in [-0.39, 0.29) is 0 Å². The molecule has 0 bridgehead atoms. The van der Waals surface area contributed by atoms with Crippen molar-refractivity contribution < 1.29 is 9.47 Å². The molecule has 1 aliphatic rings. The van der Waals surface area contributed by atoms with Crippen LogP contribution >= 0.6 is 0 Å². The Kier molecular flexibility index (Phi) is 6.62. The lowest BCUT2D eigenvalue weighted by molar-refractivity contribution is 0.203. The summed E-state index contributed by atoms with van der Waals surface area (Å²) in [6, 6.07) is 12.1. The number of benzene rings is 1. The third-order valence-electron chi connectivity index (χ3n) is 5.75. The minimum absolute atomic E-state index is 0.418. The SMILES string of the molecule is CNc1cc(C2CCN(Cc3cc(OC)cc(OC)c3)CC2)nc(-c2cccnc2)n1. The number of rotatable bonds is 7. The Morgan fingerprint density at radius 3 is 2.39 bits per heavy atom. The molecule has 1 N–H and O–H groups in total. The molecule has 1 aromatic carbocycles. The summed E-state index contributed by atoms with van der Waals surface area (Å²) in [7, 11) is 5.26. The maximum absolute atomic E-state index is 5.41. The molecule has 0 spiro atoms. The van der Waals surface area contributed by atoms with Gasteiger partial charge in [0.25, 0.3) is 0 Å². The summed E-state index contributed by atoms with van der Waals surface area (Å²) in [5.41, 5.74) is 3.24. The zero-order chi connectivity index (χ0) is 21.6. The van der Waals surface area contributed by atoms with E-state index in [2.05, 4.69) is 38.4 Å². The minimum atomic E-state index is 0.418. The molecule has 7 nitrogen and oxygen atoms in total. The van der Waals surface area contributed by atoms with Crippen LogP contribution in [0.15, 0.2) is 48.8 Å². The number of ether oxygens (including phenoxy) is 2. The molecule has 1 fully saturated rings. The first kappa shape index (κ1) is 21.1. The molecular formula is C24H29N5O2. The number of piperidine rings is 1. The van der Waals surface area contributed by atoms with Gasteiger partial charge in [-0.1, -0.05) is 0 Å². The van der Waals surface area contributed by atoms with Gasteiger partial charge in [0.15, 0.2) is 5.82 Å². The molecule has 1 saturated heterocycles. The van der Waals surface area contributed by atoms with Gasteiger partial charge in [-0.15, -0.1) is 0 Å². The Bertz CT molecular complexity index is 982. The molecular weight excluding hydrogens is 390 g/mol. The summed E-state index contributed by atoms with van der Waals surface area (Å²) >= 11 is 0. The Morgan fingerprint density at radius 1 is 1.03 bits per heavy atom. The molecule has 3 aromatic rings. The predicted octanol–water partition coefficient (Wildman–Crippen LogP) is 3.98. The highest BCUT2D eigenvalue weighted by Gasteiger charge is 2.23. The van der Waals surface area contributed by atoms with Crippen molar-refractivity contribution in [2.75, 3.05) is 39.7 Å². The number of likely N-dealkylation sites (tertiary alicyclic amines) is 1. The van der Waals surface area contributed by atoms with Crippen molar-refractivity contribution in [3.05, 3.63) is 60.0 Å². The zero-order valence-corrected chi connectivity index (χ0v) is 18.3. The van der Waals surface area contributed by atoms with Gasteiger partial charge in [-0.05, 0) is 55.8 Å². The van der Waals surface area contributed by atoms with Crippen LogP contribution in [0.3, 0.4) is 0 Å². The predicted molar refractivity (Wildman–Crippen MR) is 122 cm³/mol. The van der Waals surface area contributed by atoms with Crippen molar-refractivity contribution in [2.45, 2.75) is 25.3 Å². The van der Waals surface area contributed by atoms with Gasteiger partial charge in [-0.2, -0.15) is 0 Å². The monoisotopic (exact) mass is 419 g/mol. The summed E-state index contributed by atoms with van der Waals surface area (Å²) in [5.74, 6) is 3.64. The molecule has 0 amide bonds. The van der Waals surface area contributed by atoms with Crippen LogP contribution in [-0.2, 0) is 6.54 Å². The molecule has 2 aromatic heterocycles. The maximum atomic E-state index is 5.41. The molecule has 3 heterocycles. The second-order valence-electron chi connectivity index (χ2n) is 7.76. The highest BCUT2D eigenvalue weighted by molar-refractivity contribution is 5.56. The van der Waals surface area contributed by atoms with Gasteiger partial charge in [0.1, 0.15) is 17.3 Å². The molecule has 0 atom stereocenters. The molecule has 7 heteroatoms. The zero-order valence-electron chi connectivity index (χ0n) is 18.3. The number of anilines is 1.